The van der Waals surface area contributed by atoms with Crippen molar-refractivity contribution in [2.24, 2.45) is 5.92 Å². The van der Waals surface area contributed by atoms with Crippen LogP contribution in [-0.4, -0.2) is 60.9 Å². The largest absolute Gasteiger partial charge is 0.467 e. The number of hydrogen-bond donors (Lipinski definition) is 1. The van der Waals surface area contributed by atoms with Gasteiger partial charge in [0.2, 0.25) is 0 Å². The lowest BCUT2D eigenvalue weighted by molar-refractivity contribution is -0.151. The maximum Gasteiger partial charge on any atom is 0.328 e. The van der Waals surface area contributed by atoms with Crippen LogP contribution < -0.4 is 5.32 Å². The summed E-state index contributed by atoms with van der Waals surface area (Å²) in [6.45, 7) is 2.93. The molecule has 0 bridgehead atoms. The van der Waals surface area contributed by atoms with Crippen molar-refractivity contribution in [2.75, 3.05) is 20.3 Å². The Morgan fingerprint density at radius 2 is 1.69 bits per heavy atom. The van der Waals surface area contributed by atoms with Crippen LogP contribution in [0.15, 0.2) is 24.3 Å². The van der Waals surface area contributed by atoms with E-state index in [4.69, 9.17) is 4.74 Å². The lowest BCUT2D eigenvalue weighted by atomic mass is 9.99. The Morgan fingerprint density at radius 3 is 2.21 bits per heavy atom. The molecule has 3 amide bonds. The molecule has 0 fully saturated rings. The van der Waals surface area contributed by atoms with Gasteiger partial charge in [-0.2, -0.15) is 0 Å². The number of amides is 3. The predicted molar refractivity (Wildman–Crippen MR) is 101 cm³/mol. The number of rotatable bonds is 9. The molecule has 9 nitrogen and oxygen atoms in total. The third-order valence-corrected chi connectivity index (χ3v) is 4.77. The molecule has 0 saturated carbocycles. The molecule has 29 heavy (non-hydrogen) atoms. The Bertz CT molecular complexity index is 786. The van der Waals surface area contributed by atoms with Crippen LogP contribution in [0.4, 0.5) is 0 Å². The van der Waals surface area contributed by atoms with E-state index in [1.165, 1.54) is 7.11 Å². The van der Waals surface area contributed by atoms with Gasteiger partial charge in [-0.3, -0.25) is 24.1 Å². The van der Waals surface area contributed by atoms with Crippen LogP contribution in [0.2, 0.25) is 0 Å². The zero-order valence-corrected chi connectivity index (χ0v) is 16.6. The third kappa shape index (κ3) is 5.18. The van der Waals surface area contributed by atoms with Gasteiger partial charge in [-0.25, -0.2) is 4.79 Å². The lowest BCUT2D eigenvalue weighted by Crippen LogP contribution is -2.47. The van der Waals surface area contributed by atoms with E-state index >= 15 is 0 Å². The summed E-state index contributed by atoms with van der Waals surface area (Å²) in [4.78, 5) is 61.1. The van der Waals surface area contributed by atoms with Gasteiger partial charge in [-0.05, 0) is 18.1 Å². The Hall–Kier alpha value is -3.23. The minimum absolute atomic E-state index is 0.148. The molecule has 1 heterocycles. The first-order valence-electron chi connectivity index (χ1n) is 9.28. The number of hydrogen-bond acceptors (Lipinski definition) is 7. The van der Waals surface area contributed by atoms with Crippen LogP contribution in [0, 0.1) is 5.92 Å². The van der Waals surface area contributed by atoms with Crippen molar-refractivity contribution in [1.29, 1.82) is 0 Å². The molecule has 1 aliphatic heterocycles. The first kappa shape index (κ1) is 22.1. The highest BCUT2D eigenvalue weighted by molar-refractivity contribution is 6.21. The number of methoxy groups -OCH3 is 1. The number of benzene rings is 1. The quantitative estimate of drug-likeness (QED) is 0.480. The van der Waals surface area contributed by atoms with Gasteiger partial charge in [0, 0.05) is 6.54 Å². The smallest absolute Gasteiger partial charge is 0.328 e. The first-order chi connectivity index (χ1) is 13.8. The Balaban J connectivity index is 1.81. The summed E-state index contributed by atoms with van der Waals surface area (Å²) in [6.07, 6.45) is 0.394. The normalized spacial score (nSPS) is 14.8. The number of fused-ring (bicyclic) bond motifs is 1. The van der Waals surface area contributed by atoms with Crippen molar-refractivity contribution in [3.05, 3.63) is 35.4 Å². The second-order valence-corrected chi connectivity index (χ2v) is 6.67. The molecule has 0 radical (unpaired) electrons. The maximum absolute atomic E-state index is 12.2. The minimum atomic E-state index is -0.838. The fraction of sp³-hybridized carbons (Fsp3) is 0.450. The van der Waals surface area contributed by atoms with Crippen LogP contribution in [0.3, 0.4) is 0 Å². The molecular formula is C20H24N2O7. The second kappa shape index (κ2) is 9.81. The second-order valence-electron chi connectivity index (χ2n) is 6.67. The van der Waals surface area contributed by atoms with Crippen LogP contribution in [-0.2, 0) is 23.9 Å². The first-order valence-corrected chi connectivity index (χ1v) is 9.28. The van der Waals surface area contributed by atoms with Gasteiger partial charge in [0.05, 0.1) is 24.7 Å². The molecule has 1 aliphatic rings. The fourth-order valence-electron chi connectivity index (χ4n) is 2.87. The van der Waals surface area contributed by atoms with Crippen LogP contribution in [0.5, 0.6) is 0 Å². The topological polar surface area (TPSA) is 119 Å². The standard InChI is InChI=1S/C20H24N2O7/c1-4-12(2)17(20(27)28-3)21-15(23)11-29-16(24)9-10-22-18(25)13-7-5-6-8-14(13)19(22)26/h5-8,12,17H,4,9-11H2,1-3H3,(H,21,23)/t12-,17-/m1/s1. The summed E-state index contributed by atoms with van der Waals surface area (Å²) in [5.74, 6) is -3.05. The van der Waals surface area contributed by atoms with Crippen molar-refractivity contribution in [1.82, 2.24) is 10.2 Å². The average Bonchev–Trinajstić information content (AvgIpc) is 2.98. The maximum atomic E-state index is 12.2. The van der Waals surface area contributed by atoms with Gasteiger partial charge >= 0.3 is 11.9 Å². The van der Waals surface area contributed by atoms with Crippen molar-refractivity contribution in [3.8, 4) is 0 Å². The molecule has 1 aromatic rings. The van der Waals surface area contributed by atoms with Crippen LogP contribution >= 0.6 is 0 Å². The van der Waals surface area contributed by atoms with Gasteiger partial charge < -0.3 is 14.8 Å². The fourth-order valence-corrected chi connectivity index (χ4v) is 2.87. The van der Waals surface area contributed by atoms with E-state index in [1.807, 2.05) is 6.92 Å². The highest BCUT2D eigenvalue weighted by Gasteiger charge is 2.35. The summed E-state index contributed by atoms with van der Waals surface area (Å²) >= 11 is 0. The molecule has 0 aromatic heterocycles. The summed E-state index contributed by atoms with van der Waals surface area (Å²) in [6, 6.07) is 5.57. The van der Waals surface area contributed by atoms with E-state index in [2.05, 4.69) is 10.1 Å². The average molecular weight is 404 g/mol. The van der Waals surface area contributed by atoms with Crippen LogP contribution in [0.25, 0.3) is 0 Å². The van der Waals surface area contributed by atoms with E-state index < -0.39 is 42.3 Å². The van der Waals surface area contributed by atoms with Crippen LogP contribution in [0.1, 0.15) is 47.4 Å². The SMILES string of the molecule is CC[C@@H](C)[C@@H](NC(=O)COC(=O)CCN1C(=O)c2ccccc2C1=O)C(=O)OC. The highest BCUT2D eigenvalue weighted by atomic mass is 16.5. The Morgan fingerprint density at radius 1 is 1.10 bits per heavy atom. The molecule has 2 atom stereocenters. The number of carbonyl (C=O) groups is 5. The summed E-state index contributed by atoms with van der Waals surface area (Å²) < 4.78 is 9.56. The van der Waals surface area contributed by atoms with Gasteiger partial charge in [0.1, 0.15) is 6.04 Å². The van der Waals surface area contributed by atoms with Gasteiger partial charge in [-0.1, -0.05) is 32.4 Å². The van der Waals surface area contributed by atoms with E-state index in [1.54, 1.807) is 31.2 Å². The summed E-state index contributed by atoms with van der Waals surface area (Å²) in [5, 5.41) is 2.49. The highest BCUT2D eigenvalue weighted by Crippen LogP contribution is 2.22. The zero-order valence-electron chi connectivity index (χ0n) is 16.6. The van der Waals surface area contributed by atoms with Crippen molar-refractivity contribution in [2.45, 2.75) is 32.7 Å². The van der Waals surface area contributed by atoms with E-state index in [0.29, 0.717) is 17.5 Å². The molecular weight excluding hydrogens is 380 g/mol. The molecule has 156 valence electrons. The molecule has 0 spiro atoms. The molecule has 0 saturated heterocycles. The number of esters is 2. The monoisotopic (exact) mass is 404 g/mol. The number of imide groups is 1. The minimum Gasteiger partial charge on any atom is -0.467 e. The van der Waals surface area contributed by atoms with Gasteiger partial charge in [0.15, 0.2) is 6.61 Å². The molecule has 1 aromatic carbocycles. The number of nitrogens with one attached hydrogen (secondary N) is 1. The van der Waals surface area contributed by atoms with Crippen molar-refractivity contribution in [3.63, 3.8) is 0 Å². The molecule has 9 heteroatoms. The number of carbonyl (C=O) groups excluding carboxylic acids is 5. The Kier molecular flexibility index (Phi) is 7.46. The summed E-state index contributed by atoms with van der Waals surface area (Å²) in [5.41, 5.74) is 0.591. The molecule has 0 aliphatic carbocycles. The zero-order chi connectivity index (χ0) is 21.6. The van der Waals surface area contributed by atoms with Crippen molar-refractivity contribution >= 4 is 29.7 Å². The molecule has 0 unspecified atom stereocenters. The van der Waals surface area contributed by atoms with E-state index in [0.717, 1.165) is 4.90 Å². The molecule has 1 N–H and O–H groups in total. The van der Waals surface area contributed by atoms with Gasteiger partial charge in [-0.15, -0.1) is 0 Å². The predicted octanol–water partition coefficient (Wildman–Crippen LogP) is 0.920. The van der Waals surface area contributed by atoms with Gasteiger partial charge in [0.25, 0.3) is 17.7 Å². The molecule has 2 rings (SSSR count). The lowest BCUT2D eigenvalue weighted by Gasteiger charge is -2.21. The number of ether oxygens (including phenoxy) is 2. The third-order valence-electron chi connectivity index (χ3n) is 4.77. The summed E-state index contributed by atoms with van der Waals surface area (Å²) in [7, 11) is 1.23. The van der Waals surface area contributed by atoms with E-state index in [9.17, 15) is 24.0 Å². The van der Waals surface area contributed by atoms with Crippen molar-refractivity contribution < 1.29 is 33.4 Å². The Labute approximate surface area is 168 Å². The number of nitrogens with zero attached hydrogens (tertiary/aromatic N) is 1. The van der Waals surface area contributed by atoms with E-state index in [-0.39, 0.29) is 18.9 Å².